The Morgan fingerprint density at radius 3 is 2.74 bits per heavy atom. The average molecular weight is 282 g/mol. The van der Waals surface area contributed by atoms with Gasteiger partial charge in [0.1, 0.15) is 11.4 Å². The van der Waals surface area contributed by atoms with Crippen molar-refractivity contribution in [2.45, 2.75) is 52.7 Å². The van der Waals surface area contributed by atoms with Crippen molar-refractivity contribution in [3.63, 3.8) is 0 Å². The minimum atomic E-state index is -0.137. The molecule has 2 rings (SSSR count). The molecule has 3 heteroatoms. The second-order valence-electron chi connectivity index (χ2n) is 6.56. The molecule has 0 fully saturated rings. The first kappa shape index (κ1) is 14.7. The minimum Gasteiger partial charge on any atom is -0.487 e. The second kappa shape index (κ2) is 5.34. The molecule has 1 aromatic rings. The highest BCUT2D eigenvalue weighted by atomic mass is 35.5. The van der Waals surface area contributed by atoms with E-state index in [1.165, 1.54) is 5.56 Å². The van der Waals surface area contributed by atoms with Crippen LogP contribution in [0.2, 0.25) is 5.02 Å². The number of aryl methyl sites for hydroxylation is 1. The smallest absolute Gasteiger partial charge is 0.125 e. The fourth-order valence-electron chi connectivity index (χ4n) is 2.53. The molecule has 1 unspecified atom stereocenters. The summed E-state index contributed by atoms with van der Waals surface area (Å²) in [4.78, 5) is 0. The molecule has 1 N–H and O–H groups in total. The number of benzene rings is 1. The van der Waals surface area contributed by atoms with Gasteiger partial charge in [0.15, 0.2) is 0 Å². The maximum atomic E-state index is 6.26. The molecule has 0 spiro atoms. The third kappa shape index (κ3) is 3.43. The van der Waals surface area contributed by atoms with Gasteiger partial charge in [-0.25, -0.2) is 0 Å². The van der Waals surface area contributed by atoms with Crippen LogP contribution in [0.3, 0.4) is 0 Å². The van der Waals surface area contributed by atoms with Crippen LogP contribution in [-0.4, -0.2) is 12.1 Å². The molecule has 1 aromatic carbocycles. The highest BCUT2D eigenvalue weighted by molar-refractivity contribution is 6.31. The van der Waals surface area contributed by atoms with E-state index >= 15 is 0 Å². The van der Waals surface area contributed by atoms with Gasteiger partial charge in [-0.3, -0.25) is 0 Å². The summed E-state index contributed by atoms with van der Waals surface area (Å²) in [6.45, 7) is 11.8. The number of rotatable bonds is 3. The Hall–Kier alpha value is -0.730. The van der Waals surface area contributed by atoms with Crippen molar-refractivity contribution in [3.8, 4) is 5.75 Å². The van der Waals surface area contributed by atoms with Crippen molar-refractivity contribution in [2.75, 3.05) is 6.54 Å². The Kier molecular flexibility index (Phi) is 4.12. The summed E-state index contributed by atoms with van der Waals surface area (Å²) in [6.07, 6.45) is 0.964. The first-order valence-corrected chi connectivity index (χ1v) is 7.39. The van der Waals surface area contributed by atoms with Crippen molar-refractivity contribution in [3.05, 3.63) is 28.3 Å². The number of nitrogens with one attached hydrogen (secondary N) is 1. The van der Waals surface area contributed by atoms with Crippen LogP contribution in [0.5, 0.6) is 5.75 Å². The predicted molar refractivity (Wildman–Crippen MR) is 81.1 cm³/mol. The number of ether oxygens (including phenoxy) is 1. The molecule has 1 aliphatic heterocycles. The van der Waals surface area contributed by atoms with Crippen molar-refractivity contribution >= 4 is 11.6 Å². The molecule has 0 saturated carbocycles. The third-order valence-electron chi connectivity index (χ3n) is 3.52. The number of halogens is 1. The summed E-state index contributed by atoms with van der Waals surface area (Å²) < 4.78 is 6.09. The van der Waals surface area contributed by atoms with Crippen LogP contribution in [0.4, 0.5) is 0 Å². The van der Waals surface area contributed by atoms with E-state index in [-0.39, 0.29) is 5.60 Å². The van der Waals surface area contributed by atoms with Gasteiger partial charge in [0.25, 0.3) is 0 Å². The molecule has 0 saturated heterocycles. The van der Waals surface area contributed by atoms with E-state index in [2.05, 4.69) is 45.1 Å². The maximum absolute atomic E-state index is 6.26. The Balaban J connectivity index is 2.33. The van der Waals surface area contributed by atoms with Crippen LogP contribution in [0.15, 0.2) is 12.1 Å². The SMILES string of the molecule is Cc1cc2c(cc1Cl)C(NCC(C)C)CC(C)(C)O2. The predicted octanol–water partition coefficient (Wildman–Crippen LogP) is 4.50. The molecule has 0 aliphatic carbocycles. The first-order valence-electron chi connectivity index (χ1n) is 7.01. The summed E-state index contributed by atoms with van der Waals surface area (Å²) in [6, 6.07) is 4.43. The summed E-state index contributed by atoms with van der Waals surface area (Å²) >= 11 is 6.26. The molecule has 1 atom stereocenters. The summed E-state index contributed by atoms with van der Waals surface area (Å²) in [5.74, 6) is 1.61. The fraction of sp³-hybridized carbons (Fsp3) is 0.625. The van der Waals surface area contributed by atoms with Crippen LogP contribution in [0.25, 0.3) is 0 Å². The zero-order valence-electron chi connectivity index (χ0n) is 12.5. The van der Waals surface area contributed by atoms with E-state index in [0.29, 0.717) is 12.0 Å². The summed E-state index contributed by atoms with van der Waals surface area (Å²) in [5, 5.41) is 4.46. The quantitative estimate of drug-likeness (QED) is 0.881. The Morgan fingerprint density at radius 2 is 2.11 bits per heavy atom. The monoisotopic (exact) mass is 281 g/mol. The highest BCUT2D eigenvalue weighted by Gasteiger charge is 2.33. The van der Waals surface area contributed by atoms with Crippen LogP contribution in [0, 0.1) is 12.8 Å². The Morgan fingerprint density at radius 1 is 1.42 bits per heavy atom. The van der Waals surface area contributed by atoms with Crippen LogP contribution in [0.1, 0.15) is 51.3 Å². The zero-order chi connectivity index (χ0) is 14.2. The van der Waals surface area contributed by atoms with Crippen molar-refractivity contribution in [1.82, 2.24) is 5.32 Å². The van der Waals surface area contributed by atoms with E-state index < -0.39 is 0 Å². The number of hydrogen-bond acceptors (Lipinski definition) is 2. The van der Waals surface area contributed by atoms with Crippen LogP contribution < -0.4 is 10.1 Å². The Bertz CT molecular complexity index is 468. The minimum absolute atomic E-state index is 0.137. The lowest BCUT2D eigenvalue weighted by Gasteiger charge is -2.38. The lowest BCUT2D eigenvalue weighted by Crippen LogP contribution is -2.40. The molecule has 19 heavy (non-hydrogen) atoms. The molecule has 0 radical (unpaired) electrons. The molecular weight excluding hydrogens is 258 g/mol. The summed E-state index contributed by atoms with van der Waals surface area (Å²) in [7, 11) is 0. The molecule has 106 valence electrons. The van der Waals surface area contributed by atoms with Gasteiger partial charge < -0.3 is 10.1 Å². The van der Waals surface area contributed by atoms with E-state index in [1.54, 1.807) is 0 Å². The third-order valence-corrected chi connectivity index (χ3v) is 3.93. The van der Waals surface area contributed by atoms with Crippen molar-refractivity contribution < 1.29 is 4.74 Å². The lowest BCUT2D eigenvalue weighted by molar-refractivity contribution is 0.0654. The fourth-order valence-corrected chi connectivity index (χ4v) is 2.70. The first-order chi connectivity index (χ1) is 8.78. The normalized spacial score (nSPS) is 21.1. The Labute approximate surface area is 121 Å². The van der Waals surface area contributed by atoms with E-state index in [4.69, 9.17) is 16.3 Å². The topological polar surface area (TPSA) is 21.3 Å². The summed E-state index contributed by atoms with van der Waals surface area (Å²) in [5.41, 5.74) is 2.12. The van der Waals surface area contributed by atoms with Gasteiger partial charge in [0.05, 0.1) is 0 Å². The van der Waals surface area contributed by atoms with Gasteiger partial charge >= 0.3 is 0 Å². The van der Waals surface area contributed by atoms with Gasteiger partial charge in [-0.05, 0) is 50.9 Å². The standard InChI is InChI=1S/C16H24ClNO/c1-10(2)9-18-14-8-16(4,5)19-15-6-11(3)13(17)7-12(14)15/h6-7,10,14,18H,8-9H2,1-5H3. The molecule has 2 nitrogen and oxygen atoms in total. The zero-order valence-corrected chi connectivity index (χ0v) is 13.3. The molecule has 0 amide bonds. The largest absolute Gasteiger partial charge is 0.487 e. The number of hydrogen-bond donors (Lipinski definition) is 1. The lowest BCUT2D eigenvalue weighted by atomic mass is 9.89. The molecule has 1 aliphatic rings. The molecule has 0 bridgehead atoms. The van der Waals surface area contributed by atoms with Crippen molar-refractivity contribution in [1.29, 1.82) is 0 Å². The van der Waals surface area contributed by atoms with Gasteiger partial charge in [-0.15, -0.1) is 0 Å². The van der Waals surface area contributed by atoms with Gasteiger partial charge in [0, 0.05) is 23.0 Å². The van der Waals surface area contributed by atoms with Gasteiger partial charge in [-0.1, -0.05) is 25.4 Å². The van der Waals surface area contributed by atoms with Crippen LogP contribution in [-0.2, 0) is 0 Å². The average Bonchev–Trinajstić information content (AvgIpc) is 2.27. The van der Waals surface area contributed by atoms with Crippen molar-refractivity contribution in [2.24, 2.45) is 5.92 Å². The second-order valence-corrected chi connectivity index (χ2v) is 6.97. The van der Waals surface area contributed by atoms with Gasteiger partial charge in [0.2, 0.25) is 0 Å². The highest BCUT2D eigenvalue weighted by Crippen LogP contribution is 2.41. The number of fused-ring (bicyclic) bond motifs is 1. The molecule has 1 heterocycles. The van der Waals surface area contributed by atoms with E-state index in [0.717, 1.165) is 29.3 Å². The van der Waals surface area contributed by atoms with E-state index in [9.17, 15) is 0 Å². The molecule has 0 aromatic heterocycles. The van der Waals surface area contributed by atoms with E-state index in [1.807, 2.05) is 6.92 Å². The van der Waals surface area contributed by atoms with Gasteiger partial charge in [-0.2, -0.15) is 0 Å². The molecular formula is C16H24ClNO. The van der Waals surface area contributed by atoms with Crippen LogP contribution >= 0.6 is 11.6 Å². The maximum Gasteiger partial charge on any atom is 0.125 e.